The van der Waals surface area contributed by atoms with Gasteiger partial charge in [-0.25, -0.2) is 8.42 Å². The van der Waals surface area contributed by atoms with Crippen LogP contribution in [0.15, 0.2) is 41.3 Å². The minimum absolute atomic E-state index is 0.103. The van der Waals surface area contributed by atoms with Gasteiger partial charge in [0.15, 0.2) is 0 Å². The molecule has 1 heterocycles. The summed E-state index contributed by atoms with van der Waals surface area (Å²) in [6.07, 6.45) is 7.26. The summed E-state index contributed by atoms with van der Waals surface area (Å²) in [4.78, 5) is 12.7. The van der Waals surface area contributed by atoms with Crippen molar-refractivity contribution in [2.45, 2.75) is 17.7 Å². The van der Waals surface area contributed by atoms with E-state index in [2.05, 4.69) is 17.1 Å². The van der Waals surface area contributed by atoms with E-state index in [1.165, 1.54) is 41.4 Å². The van der Waals surface area contributed by atoms with Crippen molar-refractivity contribution in [1.29, 1.82) is 0 Å². The molecule has 0 radical (unpaired) electrons. The Labute approximate surface area is 153 Å². The van der Waals surface area contributed by atoms with Crippen molar-refractivity contribution in [3.63, 3.8) is 0 Å². The average Bonchev–Trinajstić information content (AvgIpc) is 3.25. The van der Waals surface area contributed by atoms with Gasteiger partial charge in [-0.1, -0.05) is 12.2 Å². The quantitative estimate of drug-likeness (QED) is 0.446. The zero-order valence-electron chi connectivity index (χ0n) is 14.5. The summed E-state index contributed by atoms with van der Waals surface area (Å²) in [6.45, 7) is 3.47. The molecule has 1 saturated heterocycles. The molecule has 3 atom stereocenters. The van der Waals surface area contributed by atoms with Gasteiger partial charge >= 0.3 is 0 Å². The Kier molecular flexibility index (Phi) is 4.58. The summed E-state index contributed by atoms with van der Waals surface area (Å²) < 4.78 is 27.0. The molecule has 3 aliphatic rings. The van der Waals surface area contributed by atoms with Crippen LogP contribution in [0.4, 0.5) is 5.69 Å². The molecule has 140 valence electrons. The number of allylic oxidation sites excluding steroid dienone is 2. The van der Waals surface area contributed by atoms with E-state index in [-0.39, 0.29) is 10.6 Å². The Morgan fingerprint density at radius 2 is 1.73 bits per heavy atom. The third kappa shape index (κ3) is 3.28. The Morgan fingerprint density at radius 3 is 2.27 bits per heavy atom. The van der Waals surface area contributed by atoms with Crippen molar-refractivity contribution >= 4 is 15.7 Å². The Balaban J connectivity index is 1.36. The van der Waals surface area contributed by atoms with Gasteiger partial charge in [0.05, 0.1) is 9.82 Å². The van der Waals surface area contributed by atoms with Crippen molar-refractivity contribution in [3.05, 3.63) is 46.5 Å². The first-order chi connectivity index (χ1) is 12.4. The van der Waals surface area contributed by atoms with Gasteiger partial charge in [-0.2, -0.15) is 4.31 Å². The molecular weight excluding hydrogens is 354 g/mol. The van der Waals surface area contributed by atoms with Crippen LogP contribution in [0.5, 0.6) is 0 Å². The van der Waals surface area contributed by atoms with Crippen LogP contribution in [0.3, 0.4) is 0 Å². The molecule has 8 heteroatoms. The number of sulfonamides is 1. The van der Waals surface area contributed by atoms with E-state index in [0.29, 0.717) is 24.9 Å². The highest BCUT2D eigenvalue weighted by atomic mass is 32.2. The number of rotatable bonds is 5. The molecule has 2 bridgehead atoms. The van der Waals surface area contributed by atoms with Crippen LogP contribution in [0.25, 0.3) is 0 Å². The van der Waals surface area contributed by atoms with Crippen LogP contribution in [-0.2, 0) is 10.0 Å². The molecule has 0 aromatic heterocycles. The minimum Gasteiger partial charge on any atom is -0.300 e. The van der Waals surface area contributed by atoms with E-state index >= 15 is 0 Å². The van der Waals surface area contributed by atoms with Crippen LogP contribution < -0.4 is 0 Å². The standard InChI is InChI=1S/C18H23N3O4S/c22-21(23)17-3-5-18(6-4-17)26(24,25)20-9-7-19(8-10-20)13-16-12-14-1-2-15(16)11-14/h1-6,14-16H,7-13H2/t14-,15+,16-/m0/s1. The van der Waals surface area contributed by atoms with E-state index < -0.39 is 14.9 Å². The summed E-state index contributed by atoms with van der Waals surface area (Å²) in [5.74, 6) is 2.18. The first kappa shape index (κ1) is 17.6. The van der Waals surface area contributed by atoms with Gasteiger partial charge in [-0.15, -0.1) is 0 Å². The highest BCUT2D eigenvalue weighted by Gasteiger charge is 2.37. The maximum Gasteiger partial charge on any atom is 0.269 e. The number of non-ortho nitro benzene ring substituents is 1. The van der Waals surface area contributed by atoms with Gasteiger partial charge in [0.1, 0.15) is 0 Å². The monoisotopic (exact) mass is 377 g/mol. The van der Waals surface area contributed by atoms with Crippen LogP contribution in [0.2, 0.25) is 0 Å². The zero-order valence-corrected chi connectivity index (χ0v) is 15.3. The topological polar surface area (TPSA) is 83.8 Å². The highest BCUT2D eigenvalue weighted by Crippen LogP contribution is 2.43. The number of fused-ring (bicyclic) bond motifs is 2. The number of hydrogen-bond donors (Lipinski definition) is 0. The van der Waals surface area contributed by atoms with Crippen LogP contribution in [-0.4, -0.2) is 55.3 Å². The second-order valence-corrected chi connectivity index (χ2v) is 9.43. The van der Waals surface area contributed by atoms with E-state index in [1.807, 2.05) is 0 Å². The number of benzene rings is 1. The molecule has 0 unspecified atom stereocenters. The third-order valence-corrected chi connectivity index (χ3v) is 7.84. The molecule has 0 N–H and O–H groups in total. The van der Waals surface area contributed by atoms with Crippen molar-refractivity contribution in [2.75, 3.05) is 32.7 Å². The molecule has 1 aromatic rings. The molecular formula is C18H23N3O4S. The second-order valence-electron chi connectivity index (χ2n) is 7.50. The lowest BCUT2D eigenvalue weighted by Crippen LogP contribution is -2.49. The van der Waals surface area contributed by atoms with Crippen molar-refractivity contribution in [3.8, 4) is 0 Å². The lowest BCUT2D eigenvalue weighted by atomic mass is 9.93. The predicted molar refractivity (Wildman–Crippen MR) is 97.1 cm³/mol. The Hall–Kier alpha value is -1.77. The van der Waals surface area contributed by atoms with E-state index in [4.69, 9.17) is 0 Å². The SMILES string of the molecule is O=[N+]([O-])c1ccc(S(=O)(=O)N2CCN(C[C@@H]3C[C@H]4C=C[C@@H]3C4)CC2)cc1. The molecule has 4 rings (SSSR count). The maximum atomic E-state index is 12.8. The summed E-state index contributed by atoms with van der Waals surface area (Å²) >= 11 is 0. The smallest absolute Gasteiger partial charge is 0.269 e. The zero-order chi connectivity index (χ0) is 18.3. The fourth-order valence-corrected chi connectivity index (χ4v) is 5.90. The van der Waals surface area contributed by atoms with E-state index in [1.54, 1.807) is 0 Å². The summed E-state index contributed by atoms with van der Waals surface area (Å²) in [6, 6.07) is 5.13. The number of nitrogens with zero attached hydrogens (tertiary/aromatic N) is 3. The van der Waals surface area contributed by atoms with Gasteiger partial charge in [0.25, 0.3) is 5.69 Å². The summed E-state index contributed by atoms with van der Waals surface area (Å²) in [7, 11) is -3.59. The predicted octanol–water partition coefficient (Wildman–Crippen LogP) is 2.11. The molecule has 1 aliphatic heterocycles. The van der Waals surface area contributed by atoms with Gasteiger partial charge < -0.3 is 4.90 Å². The first-order valence-corrected chi connectivity index (χ1v) is 10.5. The first-order valence-electron chi connectivity index (χ1n) is 9.09. The number of nitro groups is 1. The molecule has 2 aliphatic carbocycles. The van der Waals surface area contributed by atoms with Crippen LogP contribution in [0.1, 0.15) is 12.8 Å². The number of hydrogen-bond acceptors (Lipinski definition) is 5. The number of piperazine rings is 1. The maximum absolute atomic E-state index is 12.8. The molecule has 7 nitrogen and oxygen atoms in total. The fraction of sp³-hybridized carbons (Fsp3) is 0.556. The van der Waals surface area contributed by atoms with E-state index in [0.717, 1.165) is 25.6 Å². The fourth-order valence-electron chi connectivity index (χ4n) is 4.48. The van der Waals surface area contributed by atoms with Gasteiger partial charge in [0.2, 0.25) is 10.0 Å². The second kappa shape index (κ2) is 6.75. The molecule has 1 saturated carbocycles. The van der Waals surface area contributed by atoms with E-state index in [9.17, 15) is 18.5 Å². The molecule has 0 amide bonds. The average molecular weight is 377 g/mol. The van der Waals surface area contributed by atoms with Gasteiger partial charge in [0, 0.05) is 44.9 Å². The van der Waals surface area contributed by atoms with Crippen molar-refractivity contribution in [1.82, 2.24) is 9.21 Å². The third-order valence-electron chi connectivity index (χ3n) is 5.93. The van der Waals surface area contributed by atoms with Crippen molar-refractivity contribution in [2.24, 2.45) is 17.8 Å². The lowest BCUT2D eigenvalue weighted by molar-refractivity contribution is -0.384. The van der Waals surface area contributed by atoms with Crippen LogP contribution >= 0.6 is 0 Å². The van der Waals surface area contributed by atoms with Crippen molar-refractivity contribution < 1.29 is 13.3 Å². The normalized spacial score (nSPS) is 29.3. The molecule has 1 aromatic carbocycles. The summed E-state index contributed by atoms with van der Waals surface area (Å²) in [5, 5.41) is 10.7. The number of nitro benzene ring substituents is 1. The van der Waals surface area contributed by atoms with Gasteiger partial charge in [-0.05, 0) is 42.7 Å². The molecule has 26 heavy (non-hydrogen) atoms. The largest absolute Gasteiger partial charge is 0.300 e. The Bertz CT molecular complexity index is 813. The Morgan fingerprint density at radius 1 is 1.04 bits per heavy atom. The highest BCUT2D eigenvalue weighted by molar-refractivity contribution is 7.89. The molecule has 2 fully saturated rings. The summed E-state index contributed by atoms with van der Waals surface area (Å²) in [5.41, 5.74) is -0.103. The van der Waals surface area contributed by atoms with Gasteiger partial charge in [-0.3, -0.25) is 10.1 Å². The lowest BCUT2D eigenvalue weighted by Gasteiger charge is -2.36. The molecule has 0 spiro atoms. The van der Waals surface area contributed by atoms with Crippen LogP contribution in [0, 0.1) is 27.9 Å². The minimum atomic E-state index is -3.59.